The zero-order chi connectivity index (χ0) is 20.1. The number of carbonyl (C=O) groups excluding carboxylic acids is 2. The Morgan fingerprint density at radius 2 is 2.07 bits per heavy atom. The second-order valence-corrected chi connectivity index (χ2v) is 7.80. The molecule has 1 N–H and O–H groups in total. The summed E-state index contributed by atoms with van der Waals surface area (Å²) in [7, 11) is 0. The topological polar surface area (TPSA) is 97.7 Å². The zero-order valence-corrected chi connectivity index (χ0v) is 17.0. The average Bonchev–Trinajstić information content (AvgIpc) is 3.01. The van der Waals surface area contributed by atoms with Crippen molar-refractivity contribution in [2.24, 2.45) is 0 Å². The van der Waals surface area contributed by atoms with Crippen LogP contribution in [0.3, 0.4) is 0 Å². The summed E-state index contributed by atoms with van der Waals surface area (Å²) in [5, 5.41) is 12.5. The molecular weight excluding hydrogens is 400 g/mol. The maximum atomic E-state index is 12.4. The van der Waals surface area contributed by atoms with Gasteiger partial charge in [-0.3, -0.25) is 4.79 Å². The Hall–Kier alpha value is -2.70. The second-order valence-electron chi connectivity index (χ2n) is 5.73. The van der Waals surface area contributed by atoms with Gasteiger partial charge in [0.1, 0.15) is 29.2 Å². The molecule has 1 amide bonds. The molecular formula is C19H18N2O5S2. The molecule has 0 fully saturated rings. The molecule has 28 heavy (non-hydrogen) atoms. The lowest BCUT2D eigenvalue weighted by atomic mass is 10.2. The van der Waals surface area contributed by atoms with Gasteiger partial charge in [0.05, 0.1) is 17.9 Å². The first-order valence-electron chi connectivity index (χ1n) is 8.56. The number of nitrogens with one attached hydrogen (secondary N) is 1. The summed E-state index contributed by atoms with van der Waals surface area (Å²) in [4.78, 5) is 25.5. The minimum Gasteiger partial charge on any atom is -0.486 e. The van der Waals surface area contributed by atoms with E-state index in [-0.39, 0.29) is 23.8 Å². The lowest BCUT2D eigenvalue weighted by Gasteiger charge is -2.18. The molecule has 0 unspecified atom stereocenters. The van der Waals surface area contributed by atoms with Crippen LogP contribution < -0.4 is 14.8 Å². The fourth-order valence-electron chi connectivity index (χ4n) is 2.55. The van der Waals surface area contributed by atoms with E-state index in [1.807, 2.05) is 24.3 Å². The second kappa shape index (κ2) is 8.99. The molecule has 0 spiro atoms. The lowest BCUT2D eigenvalue weighted by Crippen LogP contribution is -2.15. The highest BCUT2D eigenvalue weighted by Gasteiger charge is 2.22. The maximum Gasteiger partial charge on any atom is 0.348 e. The van der Waals surface area contributed by atoms with E-state index in [2.05, 4.69) is 5.32 Å². The molecule has 0 atom stereocenters. The summed E-state index contributed by atoms with van der Waals surface area (Å²) in [5.41, 5.74) is 0.798. The Morgan fingerprint density at radius 1 is 1.32 bits per heavy atom. The van der Waals surface area contributed by atoms with Crippen molar-refractivity contribution in [1.29, 1.82) is 5.26 Å². The predicted octanol–water partition coefficient (Wildman–Crippen LogP) is 3.61. The molecule has 9 heteroatoms. The molecule has 0 saturated heterocycles. The number of amides is 1. The zero-order valence-electron chi connectivity index (χ0n) is 15.4. The van der Waals surface area contributed by atoms with Crippen LogP contribution in [-0.2, 0) is 9.53 Å². The van der Waals surface area contributed by atoms with E-state index in [0.717, 1.165) is 16.2 Å². The monoisotopic (exact) mass is 418 g/mol. The summed E-state index contributed by atoms with van der Waals surface area (Å²) in [6, 6.07) is 7.56. The SMILES string of the molecule is CCOC(=O)c1sc(NC(=O)CSc2ccc3c(c2)OCCO3)c(C#N)c1C. The van der Waals surface area contributed by atoms with Crippen LogP contribution in [0.5, 0.6) is 11.5 Å². The van der Waals surface area contributed by atoms with Crippen molar-refractivity contribution < 1.29 is 23.8 Å². The maximum absolute atomic E-state index is 12.4. The number of nitrogens with zero attached hydrogens (tertiary/aromatic N) is 1. The predicted molar refractivity (Wildman–Crippen MR) is 107 cm³/mol. The van der Waals surface area contributed by atoms with Crippen LogP contribution in [0.2, 0.25) is 0 Å². The number of rotatable bonds is 6. The van der Waals surface area contributed by atoms with Crippen molar-refractivity contribution in [1.82, 2.24) is 0 Å². The van der Waals surface area contributed by atoms with Crippen LogP contribution in [0.25, 0.3) is 0 Å². The molecule has 3 rings (SSSR count). The first-order valence-corrected chi connectivity index (χ1v) is 10.4. The van der Waals surface area contributed by atoms with Gasteiger partial charge in [0.2, 0.25) is 5.91 Å². The first-order chi connectivity index (χ1) is 13.5. The Labute approximate surface area is 170 Å². The van der Waals surface area contributed by atoms with Gasteiger partial charge in [-0.2, -0.15) is 5.26 Å². The molecule has 2 heterocycles. The summed E-state index contributed by atoms with van der Waals surface area (Å²) < 4.78 is 16.0. The van der Waals surface area contributed by atoms with Gasteiger partial charge < -0.3 is 19.5 Å². The van der Waals surface area contributed by atoms with Crippen LogP contribution >= 0.6 is 23.1 Å². The molecule has 1 aliphatic rings. The molecule has 1 aliphatic heterocycles. The van der Waals surface area contributed by atoms with Crippen LogP contribution in [0.4, 0.5) is 5.00 Å². The summed E-state index contributed by atoms with van der Waals surface area (Å²) in [6.07, 6.45) is 0. The van der Waals surface area contributed by atoms with Gasteiger partial charge >= 0.3 is 5.97 Å². The highest BCUT2D eigenvalue weighted by atomic mass is 32.2. The molecule has 0 aliphatic carbocycles. The third kappa shape index (κ3) is 4.40. The highest BCUT2D eigenvalue weighted by molar-refractivity contribution is 8.00. The normalized spacial score (nSPS) is 12.2. The molecule has 1 aromatic carbocycles. The van der Waals surface area contributed by atoms with E-state index in [0.29, 0.717) is 40.2 Å². The number of hydrogen-bond acceptors (Lipinski definition) is 8. The van der Waals surface area contributed by atoms with Crippen molar-refractivity contribution in [3.05, 3.63) is 34.2 Å². The molecule has 0 bridgehead atoms. The van der Waals surface area contributed by atoms with Crippen molar-refractivity contribution >= 4 is 40.0 Å². The Balaban J connectivity index is 1.66. The fraction of sp³-hybridized carbons (Fsp3) is 0.316. The minimum absolute atomic E-state index is 0.149. The van der Waals surface area contributed by atoms with Crippen LogP contribution in [0.1, 0.15) is 27.7 Å². The van der Waals surface area contributed by atoms with Gasteiger partial charge in [-0.15, -0.1) is 23.1 Å². The molecule has 2 aromatic rings. The summed E-state index contributed by atoms with van der Waals surface area (Å²) >= 11 is 2.39. The summed E-state index contributed by atoms with van der Waals surface area (Å²) in [5.74, 6) is 0.743. The summed E-state index contributed by atoms with van der Waals surface area (Å²) in [6.45, 7) is 4.65. The average molecular weight is 418 g/mol. The molecule has 7 nitrogen and oxygen atoms in total. The number of hydrogen-bond donors (Lipinski definition) is 1. The Bertz CT molecular complexity index is 949. The van der Waals surface area contributed by atoms with E-state index in [4.69, 9.17) is 14.2 Å². The largest absolute Gasteiger partial charge is 0.486 e. The quantitative estimate of drug-likeness (QED) is 0.565. The van der Waals surface area contributed by atoms with Crippen molar-refractivity contribution in [3.8, 4) is 17.6 Å². The van der Waals surface area contributed by atoms with Crippen molar-refractivity contribution in [2.45, 2.75) is 18.7 Å². The van der Waals surface area contributed by atoms with Gasteiger partial charge in [0.25, 0.3) is 0 Å². The highest BCUT2D eigenvalue weighted by Crippen LogP contribution is 2.35. The van der Waals surface area contributed by atoms with Crippen LogP contribution in [-0.4, -0.2) is 37.4 Å². The van der Waals surface area contributed by atoms with Gasteiger partial charge in [-0.05, 0) is 37.6 Å². The number of fused-ring (bicyclic) bond motifs is 1. The number of ether oxygens (including phenoxy) is 3. The fourth-order valence-corrected chi connectivity index (χ4v) is 4.34. The number of nitriles is 1. The van der Waals surface area contributed by atoms with E-state index >= 15 is 0 Å². The number of anilines is 1. The van der Waals surface area contributed by atoms with Crippen molar-refractivity contribution in [2.75, 3.05) is 30.9 Å². The van der Waals surface area contributed by atoms with Gasteiger partial charge in [0.15, 0.2) is 11.5 Å². The standard InChI is InChI=1S/C19H18N2O5S2/c1-3-24-19(23)17-11(2)13(9-20)18(28-17)21-16(22)10-27-12-4-5-14-15(8-12)26-7-6-25-14/h4-5,8H,3,6-7,10H2,1-2H3,(H,21,22). The number of thiophene rings is 1. The Kier molecular flexibility index (Phi) is 6.44. The molecule has 0 saturated carbocycles. The van der Waals surface area contributed by atoms with Gasteiger partial charge in [-0.25, -0.2) is 4.79 Å². The van der Waals surface area contributed by atoms with Crippen molar-refractivity contribution in [3.63, 3.8) is 0 Å². The number of benzene rings is 1. The van der Waals surface area contributed by atoms with Gasteiger partial charge in [0, 0.05) is 4.90 Å². The molecule has 1 aromatic heterocycles. The van der Waals surface area contributed by atoms with E-state index in [9.17, 15) is 14.9 Å². The molecule has 0 radical (unpaired) electrons. The number of thioether (sulfide) groups is 1. The van der Waals surface area contributed by atoms with Crippen LogP contribution in [0, 0.1) is 18.3 Å². The lowest BCUT2D eigenvalue weighted by molar-refractivity contribution is -0.113. The minimum atomic E-state index is -0.493. The first kappa shape index (κ1) is 20.0. The third-order valence-corrected chi connectivity index (χ3v) is 6.04. The molecule has 146 valence electrons. The number of esters is 1. The number of carbonyl (C=O) groups is 2. The smallest absolute Gasteiger partial charge is 0.348 e. The van der Waals surface area contributed by atoms with E-state index < -0.39 is 5.97 Å². The van der Waals surface area contributed by atoms with Gasteiger partial charge in [-0.1, -0.05) is 0 Å². The van der Waals surface area contributed by atoms with E-state index in [1.54, 1.807) is 13.8 Å². The van der Waals surface area contributed by atoms with E-state index in [1.165, 1.54) is 11.8 Å². The van der Waals surface area contributed by atoms with Crippen LogP contribution in [0.15, 0.2) is 23.1 Å². The third-order valence-electron chi connectivity index (χ3n) is 3.86. The Morgan fingerprint density at radius 3 is 2.79 bits per heavy atom.